The van der Waals surface area contributed by atoms with Crippen LogP contribution in [-0.2, 0) is 0 Å². The van der Waals surface area contributed by atoms with Crippen LogP contribution in [0.4, 0.5) is 5.82 Å². The van der Waals surface area contributed by atoms with Gasteiger partial charge in [0.1, 0.15) is 5.82 Å². The molecule has 0 amide bonds. The molecule has 0 atom stereocenters. The highest BCUT2D eigenvalue weighted by Crippen LogP contribution is 2.16. The second-order valence-corrected chi connectivity index (χ2v) is 4.40. The minimum Gasteiger partial charge on any atom is -0.383 e. The number of aryl methyl sites for hydroxylation is 2. The van der Waals surface area contributed by atoms with Crippen LogP contribution < -0.4 is 5.73 Å². The first-order valence-corrected chi connectivity index (χ1v) is 5.47. The maximum absolute atomic E-state index is 5.85. The van der Waals surface area contributed by atoms with Gasteiger partial charge in [-0.05, 0) is 42.5 Å². The zero-order valence-corrected chi connectivity index (χ0v) is 10.6. The molecule has 15 heavy (non-hydrogen) atoms. The van der Waals surface area contributed by atoms with Gasteiger partial charge in [0.2, 0.25) is 0 Å². The maximum atomic E-state index is 5.85. The molecule has 0 fully saturated rings. The summed E-state index contributed by atoms with van der Waals surface area (Å²) in [5.41, 5.74) is 7.66. The number of rotatable bonds is 1. The van der Waals surface area contributed by atoms with Gasteiger partial charge in [-0.2, -0.15) is 9.78 Å². The Hall–Kier alpha value is -1.18. The van der Waals surface area contributed by atoms with Gasteiger partial charge >= 0.3 is 0 Å². The SMILES string of the molecule is Cc1cc(C)nc(-n2ncc(I)c2N)n1. The zero-order chi connectivity index (χ0) is 11.0. The van der Waals surface area contributed by atoms with E-state index < -0.39 is 0 Å². The van der Waals surface area contributed by atoms with Crippen LogP contribution in [0.1, 0.15) is 11.4 Å². The molecule has 2 aromatic rings. The van der Waals surface area contributed by atoms with Crippen molar-refractivity contribution in [3.63, 3.8) is 0 Å². The van der Waals surface area contributed by atoms with E-state index in [0.717, 1.165) is 15.0 Å². The molecule has 0 aliphatic carbocycles. The average Bonchev–Trinajstić information content (AvgIpc) is 2.46. The molecule has 2 rings (SSSR count). The molecule has 0 bridgehead atoms. The maximum Gasteiger partial charge on any atom is 0.252 e. The lowest BCUT2D eigenvalue weighted by Crippen LogP contribution is -2.08. The summed E-state index contributed by atoms with van der Waals surface area (Å²) in [4.78, 5) is 8.57. The summed E-state index contributed by atoms with van der Waals surface area (Å²) in [6.45, 7) is 3.84. The van der Waals surface area contributed by atoms with E-state index >= 15 is 0 Å². The Balaban J connectivity index is 2.58. The van der Waals surface area contributed by atoms with Crippen molar-refractivity contribution >= 4 is 28.4 Å². The van der Waals surface area contributed by atoms with E-state index in [1.54, 1.807) is 10.9 Å². The van der Waals surface area contributed by atoms with Crippen molar-refractivity contribution in [1.29, 1.82) is 0 Å². The molecule has 2 heterocycles. The highest BCUT2D eigenvalue weighted by atomic mass is 127. The largest absolute Gasteiger partial charge is 0.383 e. The lowest BCUT2D eigenvalue weighted by molar-refractivity contribution is 0.802. The third kappa shape index (κ3) is 1.94. The standard InChI is InChI=1S/C9H10IN5/c1-5-3-6(2)14-9(13-5)15-8(11)7(10)4-12-15/h3-4H,11H2,1-2H3. The summed E-state index contributed by atoms with van der Waals surface area (Å²) in [5.74, 6) is 1.09. The summed E-state index contributed by atoms with van der Waals surface area (Å²) in [7, 11) is 0. The lowest BCUT2D eigenvalue weighted by atomic mass is 10.4. The number of aromatic nitrogens is 4. The number of nitrogens with zero attached hydrogens (tertiary/aromatic N) is 4. The molecule has 0 aliphatic heterocycles. The van der Waals surface area contributed by atoms with E-state index in [4.69, 9.17) is 5.73 Å². The van der Waals surface area contributed by atoms with E-state index in [-0.39, 0.29) is 0 Å². The van der Waals surface area contributed by atoms with Crippen LogP contribution in [0, 0.1) is 17.4 Å². The molecule has 0 radical (unpaired) electrons. The Bertz CT molecular complexity index is 485. The molecule has 0 aromatic carbocycles. The fraction of sp³-hybridized carbons (Fsp3) is 0.222. The van der Waals surface area contributed by atoms with Gasteiger partial charge < -0.3 is 5.73 Å². The van der Waals surface area contributed by atoms with Crippen molar-refractivity contribution in [2.75, 3.05) is 5.73 Å². The normalized spacial score (nSPS) is 10.6. The number of hydrogen-bond acceptors (Lipinski definition) is 4. The Labute approximate surface area is 101 Å². The van der Waals surface area contributed by atoms with Gasteiger partial charge in [0.25, 0.3) is 5.95 Å². The Morgan fingerprint density at radius 2 is 1.87 bits per heavy atom. The second-order valence-electron chi connectivity index (χ2n) is 3.24. The summed E-state index contributed by atoms with van der Waals surface area (Å²) in [6.07, 6.45) is 1.69. The van der Waals surface area contributed by atoms with Crippen molar-refractivity contribution < 1.29 is 0 Å². The predicted molar refractivity (Wildman–Crippen MR) is 65.8 cm³/mol. The summed E-state index contributed by atoms with van der Waals surface area (Å²) in [6, 6.07) is 1.91. The smallest absolute Gasteiger partial charge is 0.252 e. The highest BCUT2D eigenvalue weighted by Gasteiger charge is 2.09. The fourth-order valence-electron chi connectivity index (χ4n) is 1.30. The van der Waals surface area contributed by atoms with Crippen molar-refractivity contribution in [3.05, 3.63) is 27.2 Å². The van der Waals surface area contributed by atoms with Gasteiger partial charge in [0.05, 0.1) is 9.77 Å². The van der Waals surface area contributed by atoms with Crippen LogP contribution >= 0.6 is 22.6 Å². The average molecular weight is 315 g/mol. The van der Waals surface area contributed by atoms with E-state index in [2.05, 4.69) is 37.7 Å². The predicted octanol–water partition coefficient (Wildman–Crippen LogP) is 1.47. The lowest BCUT2D eigenvalue weighted by Gasteiger charge is -2.04. The number of halogens is 1. The minimum atomic E-state index is 0.521. The van der Waals surface area contributed by atoms with E-state index in [0.29, 0.717) is 11.8 Å². The van der Waals surface area contributed by atoms with E-state index in [1.807, 2.05) is 19.9 Å². The van der Waals surface area contributed by atoms with Crippen LogP contribution in [-0.4, -0.2) is 19.7 Å². The molecule has 0 spiro atoms. The van der Waals surface area contributed by atoms with Crippen LogP contribution in [0.2, 0.25) is 0 Å². The monoisotopic (exact) mass is 315 g/mol. The quantitative estimate of drug-likeness (QED) is 0.809. The van der Waals surface area contributed by atoms with E-state index in [9.17, 15) is 0 Å². The summed E-state index contributed by atoms with van der Waals surface area (Å²) < 4.78 is 2.44. The van der Waals surface area contributed by atoms with Gasteiger partial charge in [-0.15, -0.1) is 0 Å². The van der Waals surface area contributed by atoms with E-state index in [1.165, 1.54) is 0 Å². The van der Waals surface area contributed by atoms with Crippen LogP contribution in [0.25, 0.3) is 5.95 Å². The molecule has 5 nitrogen and oxygen atoms in total. The number of hydrogen-bond donors (Lipinski definition) is 1. The molecule has 0 saturated heterocycles. The third-order valence-electron chi connectivity index (χ3n) is 1.92. The molecule has 0 saturated carbocycles. The number of nitrogens with two attached hydrogens (primary N) is 1. The molecular formula is C9H10IN5. The molecule has 0 aliphatic rings. The Morgan fingerprint density at radius 1 is 1.27 bits per heavy atom. The van der Waals surface area contributed by atoms with Crippen molar-refractivity contribution in [2.24, 2.45) is 0 Å². The van der Waals surface area contributed by atoms with Gasteiger partial charge in [0, 0.05) is 11.4 Å². The number of nitrogen functional groups attached to an aromatic ring is 1. The zero-order valence-electron chi connectivity index (χ0n) is 8.40. The topological polar surface area (TPSA) is 69.6 Å². The number of anilines is 1. The van der Waals surface area contributed by atoms with Gasteiger partial charge in [0.15, 0.2) is 0 Å². The molecule has 0 unspecified atom stereocenters. The summed E-state index contributed by atoms with van der Waals surface area (Å²) >= 11 is 2.13. The molecule has 2 N–H and O–H groups in total. The first-order valence-electron chi connectivity index (χ1n) is 4.39. The molecule has 78 valence electrons. The summed E-state index contributed by atoms with van der Waals surface area (Å²) in [5, 5.41) is 4.13. The Kier molecular flexibility index (Phi) is 2.59. The first kappa shape index (κ1) is 10.3. The van der Waals surface area contributed by atoms with Gasteiger partial charge in [-0.25, -0.2) is 9.97 Å². The first-order chi connectivity index (χ1) is 7.08. The fourth-order valence-corrected chi connectivity index (χ4v) is 1.65. The van der Waals surface area contributed by atoms with Crippen LogP contribution in [0.3, 0.4) is 0 Å². The van der Waals surface area contributed by atoms with Crippen molar-refractivity contribution in [3.8, 4) is 5.95 Å². The second kappa shape index (κ2) is 3.76. The van der Waals surface area contributed by atoms with Crippen molar-refractivity contribution in [1.82, 2.24) is 19.7 Å². The van der Waals surface area contributed by atoms with Crippen LogP contribution in [0.5, 0.6) is 0 Å². The molecule has 2 aromatic heterocycles. The van der Waals surface area contributed by atoms with Gasteiger partial charge in [-0.3, -0.25) is 0 Å². The molecular weight excluding hydrogens is 305 g/mol. The van der Waals surface area contributed by atoms with Gasteiger partial charge in [-0.1, -0.05) is 0 Å². The third-order valence-corrected chi connectivity index (χ3v) is 2.75. The minimum absolute atomic E-state index is 0.521. The highest BCUT2D eigenvalue weighted by molar-refractivity contribution is 14.1. The molecule has 6 heteroatoms. The van der Waals surface area contributed by atoms with Crippen LogP contribution in [0.15, 0.2) is 12.3 Å². The Morgan fingerprint density at radius 3 is 2.33 bits per heavy atom. The van der Waals surface area contributed by atoms with Crippen molar-refractivity contribution in [2.45, 2.75) is 13.8 Å².